The number of anilines is 1. The summed E-state index contributed by atoms with van der Waals surface area (Å²) >= 11 is 11.9. The van der Waals surface area contributed by atoms with Crippen LogP contribution in [0.4, 0.5) is 5.69 Å². The first-order valence-electron chi connectivity index (χ1n) is 5.55. The van der Waals surface area contributed by atoms with Crippen molar-refractivity contribution in [2.75, 3.05) is 18.4 Å². The van der Waals surface area contributed by atoms with E-state index < -0.39 is 0 Å². The summed E-state index contributed by atoms with van der Waals surface area (Å²) in [5, 5.41) is 8.05. The van der Waals surface area contributed by atoms with Gasteiger partial charge in [-0.25, -0.2) is 0 Å². The Labute approximate surface area is 107 Å². The van der Waals surface area contributed by atoms with E-state index in [1.807, 2.05) is 6.07 Å². The van der Waals surface area contributed by atoms with Crippen LogP contribution in [0.15, 0.2) is 18.2 Å². The zero-order valence-electron chi connectivity index (χ0n) is 9.69. The molecule has 2 nitrogen and oxygen atoms in total. The van der Waals surface area contributed by atoms with Crippen molar-refractivity contribution < 1.29 is 0 Å². The van der Waals surface area contributed by atoms with E-state index in [1.165, 1.54) is 0 Å². The van der Waals surface area contributed by atoms with Crippen molar-refractivity contribution in [1.29, 1.82) is 0 Å². The first kappa shape index (κ1) is 13.6. The van der Waals surface area contributed by atoms with E-state index in [9.17, 15) is 0 Å². The molecule has 4 heteroatoms. The third kappa shape index (κ3) is 4.60. The molecule has 16 heavy (non-hydrogen) atoms. The van der Waals surface area contributed by atoms with Gasteiger partial charge in [-0.05, 0) is 31.5 Å². The number of hydrogen-bond acceptors (Lipinski definition) is 2. The monoisotopic (exact) mass is 260 g/mol. The standard InChI is InChI=1S/C12H18Cl2N2/c1-3-9(2)15-6-7-16-12-8-10(13)4-5-11(12)14/h4-5,8-9,15-16H,3,6-7H2,1-2H3. The predicted molar refractivity (Wildman–Crippen MR) is 72.7 cm³/mol. The van der Waals surface area contributed by atoms with Gasteiger partial charge in [0.15, 0.2) is 0 Å². The molecular weight excluding hydrogens is 243 g/mol. The van der Waals surface area contributed by atoms with Crippen LogP contribution in [0.25, 0.3) is 0 Å². The predicted octanol–water partition coefficient (Wildman–Crippen LogP) is 3.79. The molecule has 0 amide bonds. The molecular formula is C12H18Cl2N2. The van der Waals surface area contributed by atoms with Crippen molar-refractivity contribution in [3.05, 3.63) is 28.2 Å². The van der Waals surface area contributed by atoms with Gasteiger partial charge in [0.25, 0.3) is 0 Å². The van der Waals surface area contributed by atoms with Gasteiger partial charge < -0.3 is 10.6 Å². The highest BCUT2D eigenvalue weighted by atomic mass is 35.5. The smallest absolute Gasteiger partial charge is 0.0638 e. The Hall–Kier alpha value is -0.440. The Morgan fingerprint density at radius 2 is 2.00 bits per heavy atom. The largest absolute Gasteiger partial charge is 0.383 e. The van der Waals surface area contributed by atoms with E-state index in [-0.39, 0.29) is 0 Å². The molecule has 1 atom stereocenters. The molecule has 0 fully saturated rings. The zero-order valence-corrected chi connectivity index (χ0v) is 11.2. The van der Waals surface area contributed by atoms with Crippen molar-refractivity contribution in [1.82, 2.24) is 5.32 Å². The maximum Gasteiger partial charge on any atom is 0.0638 e. The van der Waals surface area contributed by atoms with Gasteiger partial charge in [0.2, 0.25) is 0 Å². The molecule has 0 saturated heterocycles. The van der Waals surface area contributed by atoms with E-state index in [1.54, 1.807) is 12.1 Å². The van der Waals surface area contributed by atoms with Gasteiger partial charge in [0.05, 0.1) is 10.7 Å². The molecule has 90 valence electrons. The second-order valence-corrected chi connectivity index (χ2v) is 4.66. The Kier molecular flexibility index (Phi) is 5.96. The van der Waals surface area contributed by atoms with Crippen LogP contribution in [0.3, 0.4) is 0 Å². The quantitative estimate of drug-likeness (QED) is 0.761. The van der Waals surface area contributed by atoms with Gasteiger partial charge >= 0.3 is 0 Å². The van der Waals surface area contributed by atoms with E-state index in [4.69, 9.17) is 23.2 Å². The van der Waals surface area contributed by atoms with E-state index in [0.717, 1.165) is 25.2 Å². The van der Waals surface area contributed by atoms with Crippen LogP contribution in [0.2, 0.25) is 10.0 Å². The first-order valence-corrected chi connectivity index (χ1v) is 6.31. The molecule has 0 aliphatic carbocycles. The third-order valence-corrected chi connectivity index (χ3v) is 3.04. The highest BCUT2D eigenvalue weighted by Crippen LogP contribution is 2.24. The van der Waals surface area contributed by atoms with Crippen LogP contribution in [0.5, 0.6) is 0 Å². The number of benzene rings is 1. The number of rotatable bonds is 6. The normalized spacial score (nSPS) is 12.5. The van der Waals surface area contributed by atoms with Crippen molar-refractivity contribution in [3.63, 3.8) is 0 Å². The van der Waals surface area contributed by atoms with Gasteiger partial charge in [-0.1, -0.05) is 30.1 Å². The Bertz CT molecular complexity index is 329. The average molecular weight is 261 g/mol. The average Bonchev–Trinajstić information content (AvgIpc) is 2.28. The molecule has 0 aliphatic heterocycles. The molecule has 1 rings (SSSR count). The summed E-state index contributed by atoms with van der Waals surface area (Å²) in [7, 11) is 0. The van der Waals surface area contributed by atoms with E-state index >= 15 is 0 Å². The van der Waals surface area contributed by atoms with E-state index in [0.29, 0.717) is 16.1 Å². The van der Waals surface area contributed by atoms with Crippen molar-refractivity contribution in [2.45, 2.75) is 26.3 Å². The SMILES string of the molecule is CCC(C)NCCNc1cc(Cl)ccc1Cl. The third-order valence-electron chi connectivity index (χ3n) is 2.47. The summed E-state index contributed by atoms with van der Waals surface area (Å²) in [4.78, 5) is 0. The van der Waals surface area contributed by atoms with Crippen molar-refractivity contribution >= 4 is 28.9 Å². The van der Waals surface area contributed by atoms with Crippen LogP contribution in [-0.4, -0.2) is 19.1 Å². The molecule has 0 heterocycles. The molecule has 0 bridgehead atoms. The fourth-order valence-electron chi connectivity index (χ4n) is 1.29. The zero-order chi connectivity index (χ0) is 12.0. The highest BCUT2D eigenvalue weighted by molar-refractivity contribution is 6.35. The maximum absolute atomic E-state index is 6.02. The summed E-state index contributed by atoms with van der Waals surface area (Å²) in [6, 6.07) is 5.98. The fraction of sp³-hybridized carbons (Fsp3) is 0.500. The molecule has 1 aromatic rings. The second-order valence-electron chi connectivity index (χ2n) is 3.81. The molecule has 0 aromatic heterocycles. The van der Waals surface area contributed by atoms with Crippen LogP contribution >= 0.6 is 23.2 Å². The lowest BCUT2D eigenvalue weighted by Gasteiger charge is -2.13. The lowest BCUT2D eigenvalue weighted by molar-refractivity contribution is 0.546. The summed E-state index contributed by atoms with van der Waals surface area (Å²) in [5.41, 5.74) is 0.889. The second kappa shape index (κ2) is 7.00. The Morgan fingerprint density at radius 3 is 2.69 bits per heavy atom. The van der Waals surface area contributed by atoms with Gasteiger partial charge in [-0.15, -0.1) is 0 Å². The maximum atomic E-state index is 6.02. The topological polar surface area (TPSA) is 24.1 Å². The minimum Gasteiger partial charge on any atom is -0.383 e. The van der Waals surface area contributed by atoms with Gasteiger partial charge in [0, 0.05) is 24.2 Å². The molecule has 0 radical (unpaired) electrons. The number of nitrogens with one attached hydrogen (secondary N) is 2. The molecule has 2 N–H and O–H groups in total. The summed E-state index contributed by atoms with van der Waals surface area (Å²) in [5.74, 6) is 0. The Balaban J connectivity index is 2.34. The van der Waals surface area contributed by atoms with Gasteiger partial charge in [-0.2, -0.15) is 0 Å². The van der Waals surface area contributed by atoms with Gasteiger partial charge in [0.1, 0.15) is 0 Å². The minimum atomic E-state index is 0.552. The number of halogens is 2. The minimum absolute atomic E-state index is 0.552. The molecule has 0 spiro atoms. The Morgan fingerprint density at radius 1 is 1.25 bits per heavy atom. The molecule has 0 aliphatic rings. The van der Waals surface area contributed by atoms with E-state index in [2.05, 4.69) is 24.5 Å². The number of hydrogen-bond donors (Lipinski definition) is 2. The van der Waals surface area contributed by atoms with Crippen molar-refractivity contribution in [3.8, 4) is 0 Å². The van der Waals surface area contributed by atoms with Gasteiger partial charge in [-0.3, -0.25) is 0 Å². The lowest BCUT2D eigenvalue weighted by atomic mass is 10.2. The van der Waals surface area contributed by atoms with Crippen LogP contribution in [-0.2, 0) is 0 Å². The van der Waals surface area contributed by atoms with Crippen LogP contribution in [0, 0.1) is 0 Å². The lowest BCUT2D eigenvalue weighted by Crippen LogP contribution is -2.30. The summed E-state index contributed by atoms with van der Waals surface area (Å²) in [6.07, 6.45) is 1.14. The molecule has 1 aromatic carbocycles. The van der Waals surface area contributed by atoms with Crippen LogP contribution in [0.1, 0.15) is 20.3 Å². The fourth-order valence-corrected chi connectivity index (χ4v) is 1.65. The summed E-state index contributed by atoms with van der Waals surface area (Å²) in [6.45, 7) is 6.09. The highest BCUT2D eigenvalue weighted by Gasteiger charge is 2.01. The van der Waals surface area contributed by atoms with Crippen LogP contribution < -0.4 is 10.6 Å². The van der Waals surface area contributed by atoms with Crippen molar-refractivity contribution in [2.24, 2.45) is 0 Å². The molecule has 0 saturated carbocycles. The first-order chi connectivity index (χ1) is 7.63. The summed E-state index contributed by atoms with van der Waals surface area (Å²) < 4.78 is 0. The molecule has 1 unspecified atom stereocenters.